The average molecular weight is 543 g/mol. The second-order valence-corrected chi connectivity index (χ2v) is 10.3. The number of carboxylic acid groups (broad SMARTS) is 1. The Hall–Kier alpha value is -3.73. The van der Waals surface area contributed by atoms with Crippen molar-refractivity contribution in [1.29, 1.82) is 0 Å². The Morgan fingerprint density at radius 2 is 1.64 bits per heavy atom. The van der Waals surface area contributed by atoms with Gasteiger partial charge in [-0.05, 0) is 36.3 Å². The fourth-order valence-electron chi connectivity index (χ4n) is 4.19. The van der Waals surface area contributed by atoms with Crippen LogP contribution in [0.4, 0.5) is 0 Å². The molecule has 39 heavy (non-hydrogen) atoms. The third kappa shape index (κ3) is 9.51. The molecule has 11 heteroatoms. The van der Waals surface area contributed by atoms with Gasteiger partial charge in [-0.15, -0.1) is 0 Å². The third-order valence-electron chi connectivity index (χ3n) is 6.74. The van der Waals surface area contributed by atoms with Crippen LogP contribution in [0.15, 0.2) is 30.5 Å². The van der Waals surface area contributed by atoms with Crippen LogP contribution >= 0.6 is 0 Å². The number of amides is 3. The van der Waals surface area contributed by atoms with Crippen molar-refractivity contribution >= 4 is 40.9 Å². The minimum absolute atomic E-state index is 0.0480. The van der Waals surface area contributed by atoms with Gasteiger partial charge in [-0.3, -0.25) is 24.0 Å². The van der Waals surface area contributed by atoms with E-state index in [1.807, 2.05) is 52.0 Å². The second-order valence-electron chi connectivity index (χ2n) is 10.3. The topological polar surface area (TPSA) is 183 Å². The summed E-state index contributed by atoms with van der Waals surface area (Å²) in [6.07, 6.45) is 4.01. The van der Waals surface area contributed by atoms with E-state index >= 15 is 0 Å². The quantitative estimate of drug-likeness (QED) is 0.186. The number of rotatable bonds is 16. The van der Waals surface area contributed by atoms with E-state index in [0.29, 0.717) is 12.8 Å². The molecule has 1 radical (unpaired) electrons. The summed E-state index contributed by atoms with van der Waals surface area (Å²) in [5.74, 6) is -2.84. The molecule has 1 aromatic carbocycles. The lowest BCUT2D eigenvalue weighted by Gasteiger charge is -2.26. The van der Waals surface area contributed by atoms with Crippen LogP contribution in [0.2, 0.25) is 0 Å². The molecule has 0 spiro atoms. The predicted octanol–water partition coefficient (Wildman–Crippen LogP) is 1.56. The number of fused-ring (bicyclic) bond motifs is 1. The van der Waals surface area contributed by atoms with Gasteiger partial charge in [0.05, 0.1) is 12.1 Å². The van der Waals surface area contributed by atoms with Crippen LogP contribution < -0.4 is 21.7 Å². The zero-order valence-electron chi connectivity index (χ0n) is 23.0. The van der Waals surface area contributed by atoms with Gasteiger partial charge in [0.2, 0.25) is 24.0 Å². The molecule has 0 unspecified atom stereocenters. The Kier molecular flexibility index (Phi) is 12.1. The Labute approximate surface area is 228 Å². The first kappa shape index (κ1) is 31.5. The summed E-state index contributed by atoms with van der Waals surface area (Å²) in [6, 6.07) is 3.47. The van der Waals surface area contributed by atoms with Gasteiger partial charge >= 0.3 is 5.97 Å². The SMILES string of the molecule is CC[C@@H](C)[C@H](N)C(=O)N[C@@H](CC(C)C)C(=O)N[C@H](Cc1c[nH]c2ccccc12)C(=O)N[C@@H]([C]=O)CCC(=O)O. The molecule has 0 aliphatic carbocycles. The minimum atomic E-state index is -1.16. The normalized spacial score (nSPS) is 15.1. The van der Waals surface area contributed by atoms with Crippen molar-refractivity contribution in [2.45, 2.75) is 84.0 Å². The molecule has 11 nitrogen and oxygen atoms in total. The van der Waals surface area contributed by atoms with Gasteiger partial charge in [0.1, 0.15) is 12.1 Å². The maximum atomic E-state index is 13.4. The molecule has 7 N–H and O–H groups in total. The Bertz CT molecular complexity index is 1150. The van der Waals surface area contributed by atoms with E-state index in [1.165, 1.54) is 0 Å². The molecular formula is C28H40N5O6. The number of aromatic nitrogens is 1. The van der Waals surface area contributed by atoms with Crippen molar-refractivity contribution in [2.24, 2.45) is 17.6 Å². The van der Waals surface area contributed by atoms with Crippen LogP contribution in [0, 0.1) is 11.8 Å². The van der Waals surface area contributed by atoms with Gasteiger partial charge in [0.15, 0.2) is 0 Å². The summed E-state index contributed by atoms with van der Waals surface area (Å²) in [7, 11) is 0. The molecule has 2 aromatic rings. The molecular weight excluding hydrogens is 502 g/mol. The van der Waals surface area contributed by atoms with Gasteiger partial charge in [0, 0.05) is 29.9 Å². The van der Waals surface area contributed by atoms with Crippen LogP contribution in [0.25, 0.3) is 10.9 Å². The number of hydrogen-bond donors (Lipinski definition) is 6. The van der Waals surface area contributed by atoms with E-state index in [2.05, 4.69) is 20.9 Å². The third-order valence-corrected chi connectivity index (χ3v) is 6.74. The minimum Gasteiger partial charge on any atom is -0.481 e. The molecule has 2 rings (SSSR count). The van der Waals surface area contributed by atoms with Gasteiger partial charge < -0.3 is 31.8 Å². The molecule has 0 saturated carbocycles. The first-order chi connectivity index (χ1) is 18.5. The maximum Gasteiger partial charge on any atom is 0.303 e. The van der Waals surface area contributed by atoms with Crippen molar-refractivity contribution in [3.05, 3.63) is 36.0 Å². The van der Waals surface area contributed by atoms with Crippen LogP contribution in [0.1, 0.15) is 58.9 Å². The number of nitrogens with two attached hydrogens (primary N) is 1. The van der Waals surface area contributed by atoms with E-state index in [0.717, 1.165) is 16.5 Å². The standard InChI is InChI=1S/C28H40N5O6/c1-5-17(4)25(29)28(39)33-22(12-16(2)3)27(38)32-23(26(37)31-19(15-34)10-11-24(35)36)13-18-14-30-21-9-7-6-8-20(18)21/h6-9,14,16-17,19,22-23,25,30H,5,10-13,29H2,1-4H3,(H,31,37)(H,32,38)(H,33,39)(H,35,36)/t17-,19-,22+,23-,25+/m1/s1. The second kappa shape index (κ2) is 15.0. The van der Waals surface area contributed by atoms with Gasteiger partial charge in [0.25, 0.3) is 0 Å². The molecule has 213 valence electrons. The number of aromatic amines is 1. The number of nitrogens with one attached hydrogen (secondary N) is 4. The zero-order chi connectivity index (χ0) is 29.1. The molecule has 0 saturated heterocycles. The van der Waals surface area contributed by atoms with Crippen molar-refractivity contribution in [3.8, 4) is 0 Å². The number of H-pyrrole nitrogens is 1. The molecule has 0 aliphatic heterocycles. The maximum absolute atomic E-state index is 13.4. The highest BCUT2D eigenvalue weighted by Gasteiger charge is 2.31. The van der Waals surface area contributed by atoms with Crippen molar-refractivity contribution < 1.29 is 29.1 Å². The fraction of sp³-hybridized carbons (Fsp3) is 0.536. The van der Waals surface area contributed by atoms with Gasteiger partial charge in [-0.2, -0.15) is 0 Å². The van der Waals surface area contributed by atoms with Gasteiger partial charge in [-0.25, -0.2) is 0 Å². The Morgan fingerprint density at radius 3 is 2.26 bits per heavy atom. The summed E-state index contributed by atoms with van der Waals surface area (Å²) >= 11 is 0. The van der Waals surface area contributed by atoms with E-state index in [1.54, 1.807) is 12.5 Å². The van der Waals surface area contributed by atoms with E-state index < -0.39 is 47.9 Å². The van der Waals surface area contributed by atoms with E-state index in [9.17, 15) is 24.0 Å². The van der Waals surface area contributed by atoms with E-state index in [-0.39, 0.29) is 31.1 Å². The highest BCUT2D eigenvalue weighted by Crippen LogP contribution is 2.19. The lowest BCUT2D eigenvalue weighted by atomic mass is 9.97. The summed E-state index contributed by atoms with van der Waals surface area (Å²) < 4.78 is 0. The number of carboxylic acids is 1. The number of benzene rings is 1. The monoisotopic (exact) mass is 542 g/mol. The molecule has 3 amide bonds. The zero-order valence-corrected chi connectivity index (χ0v) is 23.0. The Balaban J connectivity index is 2.30. The first-order valence-corrected chi connectivity index (χ1v) is 13.3. The number of hydrogen-bond acceptors (Lipinski definition) is 6. The van der Waals surface area contributed by atoms with Crippen LogP contribution in [0.3, 0.4) is 0 Å². The smallest absolute Gasteiger partial charge is 0.303 e. The summed E-state index contributed by atoms with van der Waals surface area (Å²) in [6.45, 7) is 7.59. The lowest BCUT2D eigenvalue weighted by Crippen LogP contribution is -2.58. The predicted molar refractivity (Wildman–Crippen MR) is 147 cm³/mol. The molecule has 0 aliphatic rings. The number of para-hydroxylation sites is 1. The fourth-order valence-corrected chi connectivity index (χ4v) is 4.19. The van der Waals surface area contributed by atoms with Gasteiger partial charge in [-0.1, -0.05) is 52.3 Å². The van der Waals surface area contributed by atoms with Crippen LogP contribution in [0.5, 0.6) is 0 Å². The highest BCUT2D eigenvalue weighted by molar-refractivity contribution is 5.94. The largest absolute Gasteiger partial charge is 0.481 e. The van der Waals surface area contributed by atoms with Crippen LogP contribution in [-0.4, -0.2) is 64.2 Å². The molecule has 0 bridgehead atoms. The van der Waals surface area contributed by atoms with Crippen LogP contribution in [-0.2, 0) is 30.4 Å². The molecule has 1 aromatic heterocycles. The molecule has 0 fully saturated rings. The molecule has 5 atom stereocenters. The highest BCUT2D eigenvalue weighted by atomic mass is 16.4. The average Bonchev–Trinajstić information content (AvgIpc) is 3.31. The first-order valence-electron chi connectivity index (χ1n) is 13.3. The molecule has 1 heterocycles. The summed E-state index contributed by atoms with van der Waals surface area (Å²) in [5.41, 5.74) is 7.68. The van der Waals surface area contributed by atoms with Crippen molar-refractivity contribution in [3.63, 3.8) is 0 Å². The Morgan fingerprint density at radius 1 is 1.00 bits per heavy atom. The van der Waals surface area contributed by atoms with Crippen molar-refractivity contribution in [2.75, 3.05) is 0 Å². The number of carbonyl (C=O) groups is 4. The summed E-state index contributed by atoms with van der Waals surface area (Å²) in [5, 5.41) is 17.8. The summed E-state index contributed by atoms with van der Waals surface area (Å²) in [4.78, 5) is 65.0. The van der Waals surface area contributed by atoms with E-state index in [4.69, 9.17) is 10.8 Å². The lowest BCUT2D eigenvalue weighted by molar-refractivity contribution is -0.137. The number of carbonyl (C=O) groups excluding carboxylic acids is 4. The van der Waals surface area contributed by atoms with Crippen molar-refractivity contribution in [1.82, 2.24) is 20.9 Å². The number of aliphatic carboxylic acids is 1.